The summed E-state index contributed by atoms with van der Waals surface area (Å²) in [4.78, 5) is 0. The van der Waals surface area contributed by atoms with Crippen molar-refractivity contribution in [2.75, 3.05) is 6.61 Å². The van der Waals surface area contributed by atoms with E-state index in [2.05, 4.69) is 18.8 Å². The second-order valence-electron chi connectivity index (χ2n) is 6.16. The Hall–Kier alpha value is -2.86. The summed E-state index contributed by atoms with van der Waals surface area (Å²) in [5.74, 6) is 4.97. The van der Waals surface area contributed by atoms with Crippen LogP contribution in [0.5, 0.6) is 5.75 Å². The first-order chi connectivity index (χ1) is 12.7. The lowest BCUT2D eigenvalue weighted by Gasteiger charge is -2.07. The number of rotatable bonds is 5. The normalized spacial score (nSPS) is 10.4. The van der Waals surface area contributed by atoms with Crippen molar-refractivity contribution in [1.29, 1.82) is 0 Å². The van der Waals surface area contributed by atoms with Gasteiger partial charge >= 0.3 is 0 Å². The van der Waals surface area contributed by atoms with E-state index in [1.54, 1.807) is 0 Å². The molecule has 1 nitrogen and oxygen atoms in total. The number of benzene rings is 3. The topological polar surface area (TPSA) is 9.23 Å². The van der Waals surface area contributed by atoms with Gasteiger partial charge in [0.1, 0.15) is 5.75 Å². The van der Waals surface area contributed by atoms with E-state index in [1.165, 1.54) is 18.9 Å². The maximum Gasteiger partial charge on any atom is 0.160 e. The summed E-state index contributed by atoms with van der Waals surface area (Å²) >= 11 is 0. The van der Waals surface area contributed by atoms with Crippen LogP contribution in [0, 0.1) is 23.5 Å². The van der Waals surface area contributed by atoms with Crippen LogP contribution in [0.4, 0.5) is 8.78 Å². The van der Waals surface area contributed by atoms with Crippen LogP contribution in [-0.4, -0.2) is 6.61 Å². The largest absolute Gasteiger partial charge is 0.494 e. The zero-order valence-corrected chi connectivity index (χ0v) is 14.7. The summed E-state index contributed by atoms with van der Waals surface area (Å²) in [6, 6.07) is 15.5. The molecule has 0 unspecified atom stereocenters. The number of unbranched alkanes of at least 4 members (excludes halogenated alkanes) is 2. The second-order valence-corrected chi connectivity index (χ2v) is 6.16. The minimum absolute atomic E-state index is 0.444. The third-order valence-electron chi connectivity index (χ3n) is 4.10. The van der Waals surface area contributed by atoms with Crippen molar-refractivity contribution in [3.63, 3.8) is 0 Å². The summed E-state index contributed by atoms with van der Waals surface area (Å²) in [5.41, 5.74) is 1.26. The van der Waals surface area contributed by atoms with Gasteiger partial charge in [0.15, 0.2) is 11.6 Å². The molecule has 3 aromatic rings. The number of hydrogen-bond donors (Lipinski definition) is 0. The molecule has 0 aliphatic carbocycles. The molecule has 0 aliphatic heterocycles. The lowest BCUT2D eigenvalue weighted by atomic mass is 10.1. The molecule has 3 heteroatoms. The van der Waals surface area contributed by atoms with Crippen LogP contribution in [0.25, 0.3) is 10.8 Å². The molecule has 0 fully saturated rings. The molecule has 0 bridgehead atoms. The van der Waals surface area contributed by atoms with Gasteiger partial charge in [0, 0.05) is 11.1 Å². The van der Waals surface area contributed by atoms with Gasteiger partial charge in [-0.15, -0.1) is 0 Å². The van der Waals surface area contributed by atoms with E-state index in [0.29, 0.717) is 5.56 Å². The first-order valence-corrected chi connectivity index (χ1v) is 8.79. The SMILES string of the molecule is CCCCCOc1ccc2cc(C#Cc3ccc(F)c(F)c3)ccc2c1. The van der Waals surface area contributed by atoms with Crippen LogP contribution >= 0.6 is 0 Å². The van der Waals surface area contributed by atoms with Crippen LogP contribution in [0.2, 0.25) is 0 Å². The van der Waals surface area contributed by atoms with Crippen molar-refractivity contribution in [2.24, 2.45) is 0 Å². The van der Waals surface area contributed by atoms with Crippen molar-refractivity contribution in [1.82, 2.24) is 0 Å². The summed E-state index contributed by atoms with van der Waals surface area (Å²) in [6.45, 7) is 2.90. The van der Waals surface area contributed by atoms with Gasteiger partial charge in [0.05, 0.1) is 6.61 Å². The second kappa shape index (κ2) is 8.49. The van der Waals surface area contributed by atoms with Crippen LogP contribution in [0.15, 0.2) is 54.6 Å². The van der Waals surface area contributed by atoms with E-state index in [9.17, 15) is 8.78 Å². The number of halogens is 2. The Kier molecular flexibility index (Phi) is 5.86. The minimum Gasteiger partial charge on any atom is -0.494 e. The molecule has 0 atom stereocenters. The fourth-order valence-electron chi connectivity index (χ4n) is 2.65. The van der Waals surface area contributed by atoms with E-state index in [0.717, 1.165) is 47.2 Å². The van der Waals surface area contributed by atoms with Crippen LogP contribution in [0.1, 0.15) is 37.3 Å². The van der Waals surface area contributed by atoms with E-state index in [-0.39, 0.29) is 0 Å². The van der Waals surface area contributed by atoms with Crippen molar-refractivity contribution in [3.8, 4) is 17.6 Å². The smallest absolute Gasteiger partial charge is 0.160 e. The summed E-state index contributed by atoms with van der Waals surface area (Å²) < 4.78 is 32.0. The van der Waals surface area contributed by atoms with Crippen molar-refractivity contribution >= 4 is 10.8 Å². The quantitative estimate of drug-likeness (QED) is 0.400. The predicted molar refractivity (Wildman–Crippen MR) is 101 cm³/mol. The maximum atomic E-state index is 13.2. The van der Waals surface area contributed by atoms with Gasteiger partial charge in [-0.1, -0.05) is 43.7 Å². The van der Waals surface area contributed by atoms with Crippen LogP contribution < -0.4 is 4.74 Å². The molecular formula is C23H20F2O. The Balaban J connectivity index is 1.75. The fourth-order valence-corrected chi connectivity index (χ4v) is 2.65. The minimum atomic E-state index is -0.887. The highest BCUT2D eigenvalue weighted by Gasteiger charge is 2.01. The first-order valence-electron chi connectivity index (χ1n) is 8.79. The predicted octanol–water partition coefficient (Wildman–Crippen LogP) is 6.09. The number of ether oxygens (including phenoxy) is 1. The van der Waals surface area contributed by atoms with Crippen molar-refractivity contribution < 1.29 is 13.5 Å². The highest BCUT2D eigenvalue weighted by molar-refractivity contribution is 5.85. The third-order valence-corrected chi connectivity index (χ3v) is 4.10. The Morgan fingerprint density at radius 1 is 0.769 bits per heavy atom. The van der Waals surface area contributed by atoms with Gasteiger partial charge < -0.3 is 4.74 Å². The average molecular weight is 350 g/mol. The number of fused-ring (bicyclic) bond motifs is 1. The zero-order chi connectivity index (χ0) is 18.4. The Bertz CT molecular complexity index is 967. The Morgan fingerprint density at radius 3 is 2.23 bits per heavy atom. The summed E-state index contributed by atoms with van der Waals surface area (Å²) in [7, 11) is 0. The van der Waals surface area contributed by atoms with E-state index < -0.39 is 11.6 Å². The van der Waals surface area contributed by atoms with Gasteiger partial charge in [0.2, 0.25) is 0 Å². The molecule has 132 valence electrons. The van der Waals surface area contributed by atoms with Crippen molar-refractivity contribution in [2.45, 2.75) is 26.2 Å². The van der Waals surface area contributed by atoms with E-state index in [4.69, 9.17) is 4.74 Å². The average Bonchev–Trinajstić information content (AvgIpc) is 2.66. The Labute approximate surface area is 152 Å². The van der Waals surface area contributed by atoms with Gasteiger partial charge in [0.25, 0.3) is 0 Å². The third kappa shape index (κ3) is 4.61. The van der Waals surface area contributed by atoms with Gasteiger partial charge in [-0.2, -0.15) is 0 Å². The zero-order valence-electron chi connectivity index (χ0n) is 14.7. The fraction of sp³-hybridized carbons (Fsp3) is 0.217. The molecule has 0 aromatic heterocycles. The molecule has 0 aliphatic rings. The molecule has 0 radical (unpaired) electrons. The first kappa shape index (κ1) is 17.9. The molecule has 0 heterocycles. The molecule has 0 saturated carbocycles. The van der Waals surface area contributed by atoms with Crippen LogP contribution in [-0.2, 0) is 0 Å². The van der Waals surface area contributed by atoms with E-state index in [1.807, 2.05) is 36.4 Å². The summed E-state index contributed by atoms with van der Waals surface area (Å²) in [6.07, 6.45) is 3.41. The molecular weight excluding hydrogens is 330 g/mol. The van der Waals surface area contributed by atoms with Crippen LogP contribution in [0.3, 0.4) is 0 Å². The monoisotopic (exact) mass is 350 g/mol. The lowest BCUT2D eigenvalue weighted by molar-refractivity contribution is 0.306. The standard InChI is InChI=1S/C23H20F2O/c1-2-3-4-13-26-21-11-10-19-14-17(7-9-20(19)16-21)5-6-18-8-12-22(24)23(25)15-18/h7-12,14-16H,2-4,13H2,1H3. The molecule has 0 amide bonds. The van der Waals surface area contributed by atoms with Crippen molar-refractivity contribution in [3.05, 3.63) is 77.4 Å². The molecule has 3 aromatic carbocycles. The molecule has 26 heavy (non-hydrogen) atoms. The molecule has 0 spiro atoms. The summed E-state index contributed by atoms with van der Waals surface area (Å²) in [5, 5.41) is 2.14. The molecule has 0 N–H and O–H groups in total. The highest BCUT2D eigenvalue weighted by atomic mass is 19.2. The molecule has 0 saturated heterocycles. The van der Waals surface area contributed by atoms with Gasteiger partial charge in [-0.05, 0) is 59.7 Å². The highest BCUT2D eigenvalue weighted by Crippen LogP contribution is 2.22. The lowest BCUT2D eigenvalue weighted by Crippen LogP contribution is -1.96. The van der Waals surface area contributed by atoms with Gasteiger partial charge in [-0.3, -0.25) is 0 Å². The van der Waals surface area contributed by atoms with Gasteiger partial charge in [-0.25, -0.2) is 8.78 Å². The Morgan fingerprint density at radius 2 is 1.46 bits per heavy atom. The van der Waals surface area contributed by atoms with E-state index >= 15 is 0 Å². The number of hydrogen-bond acceptors (Lipinski definition) is 1. The molecule has 3 rings (SSSR count). The maximum absolute atomic E-state index is 13.2.